The van der Waals surface area contributed by atoms with Gasteiger partial charge in [0.1, 0.15) is 16.4 Å². The predicted octanol–water partition coefficient (Wildman–Crippen LogP) is 1.45. The highest BCUT2D eigenvalue weighted by atomic mass is 32.2. The number of aliphatic hydroxyl groups is 1. The molecule has 1 unspecified atom stereocenters. The Morgan fingerprint density at radius 2 is 2.14 bits per heavy atom. The van der Waals surface area contributed by atoms with Crippen molar-refractivity contribution in [2.75, 3.05) is 6.54 Å². The van der Waals surface area contributed by atoms with Crippen molar-refractivity contribution < 1.29 is 17.9 Å². The summed E-state index contributed by atoms with van der Waals surface area (Å²) in [6.07, 6.45) is 2.76. The van der Waals surface area contributed by atoms with Crippen LogP contribution in [0.15, 0.2) is 41.6 Å². The summed E-state index contributed by atoms with van der Waals surface area (Å²) in [5, 5.41) is 13.3. The Morgan fingerprint density at radius 3 is 2.82 bits per heavy atom. The third kappa shape index (κ3) is 3.90. The molecule has 1 aromatic carbocycles. The summed E-state index contributed by atoms with van der Waals surface area (Å²) in [4.78, 5) is -0.0539. The van der Waals surface area contributed by atoms with Crippen LogP contribution in [-0.4, -0.2) is 36.0 Å². The lowest BCUT2D eigenvalue weighted by molar-refractivity contribution is 0.162. The van der Waals surface area contributed by atoms with Crippen LogP contribution < -0.4 is 4.72 Å². The lowest BCUT2D eigenvalue weighted by Gasteiger charge is -2.08. The molecule has 2 rings (SSSR count). The quantitative estimate of drug-likeness (QED) is 0.806. The Bertz CT molecular complexity index is 730. The van der Waals surface area contributed by atoms with Gasteiger partial charge in [-0.05, 0) is 25.0 Å². The topological polar surface area (TPSA) is 84.2 Å². The first-order valence-corrected chi connectivity index (χ1v) is 8.39. The van der Waals surface area contributed by atoms with E-state index in [1.807, 2.05) is 6.92 Å². The number of rotatable bonds is 7. The molecule has 8 heteroatoms. The molecule has 0 aliphatic rings. The van der Waals surface area contributed by atoms with E-state index in [1.165, 1.54) is 23.0 Å². The van der Waals surface area contributed by atoms with Gasteiger partial charge in [0.25, 0.3) is 0 Å². The van der Waals surface area contributed by atoms with Gasteiger partial charge in [0.2, 0.25) is 10.0 Å². The summed E-state index contributed by atoms with van der Waals surface area (Å²) in [5.41, 5.74) is 0.172. The van der Waals surface area contributed by atoms with Gasteiger partial charge in [-0.15, -0.1) is 0 Å². The molecular formula is C14H18FN3O3S. The van der Waals surface area contributed by atoms with Gasteiger partial charge in [0.15, 0.2) is 0 Å². The Hall–Kier alpha value is -1.77. The number of benzene rings is 1. The molecule has 120 valence electrons. The van der Waals surface area contributed by atoms with E-state index >= 15 is 0 Å². The van der Waals surface area contributed by atoms with Crippen LogP contribution in [0, 0.1) is 5.82 Å². The zero-order valence-electron chi connectivity index (χ0n) is 12.1. The van der Waals surface area contributed by atoms with Gasteiger partial charge >= 0.3 is 0 Å². The lowest BCUT2D eigenvalue weighted by Crippen LogP contribution is -2.27. The Balaban J connectivity index is 2.12. The monoisotopic (exact) mass is 327 g/mol. The number of sulfonamides is 1. The maximum Gasteiger partial charge on any atom is 0.243 e. The van der Waals surface area contributed by atoms with Crippen LogP contribution >= 0.6 is 0 Å². The molecule has 0 bridgehead atoms. The SMILES string of the molecule is CCC(O)CCNS(=O)(=O)c1cnn(-c2ccccc2F)c1. The van der Waals surface area contributed by atoms with E-state index in [2.05, 4.69) is 9.82 Å². The first kappa shape index (κ1) is 16.6. The van der Waals surface area contributed by atoms with Crippen LogP contribution in [-0.2, 0) is 10.0 Å². The average Bonchev–Trinajstić information content (AvgIpc) is 2.98. The van der Waals surface area contributed by atoms with E-state index in [-0.39, 0.29) is 17.1 Å². The number of nitrogens with zero attached hydrogens (tertiary/aromatic N) is 2. The highest BCUT2D eigenvalue weighted by Crippen LogP contribution is 2.15. The van der Waals surface area contributed by atoms with Crippen molar-refractivity contribution in [3.8, 4) is 5.69 Å². The number of hydrogen-bond donors (Lipinski definition) is 2. The molecule has 6 nitrogen and oxygen atoms in total. The van der Waals surface area contributed by atoms with E-state index in [4.69, 9.17) is 0 Å². The van der Waals surface area contributed by atoms with Gasteiger partial charge in [-0.3, -0.25) is 0 Å². The molecule has 1 heterocycles. The van der Waals surface area contributed by atoms with Gasteiger partial charge in [-0.1, -0.05) is 19.1 Å². The Kier molecular flexibility index (Phi) is 5.28. The minimum Gasteiger partial charge on any atom is -0.393 e. The van der Waals surface area contributed by atoms with Crippen molar-refractivity contribution in [1.82, 2.24) is 14.5 Å². The van der Waals surface area contributed by atoms with Crippen molar-refractivity contribution in [3.05, 3.63) is 42.5 Å². The molecule has 0 spiro atoms. The second-order valence-corrected chi connectivity index (χ2v) is 6.59. The zero-order valence-corrected chi connectivity index (χ0v) is 12.9. The van der Waals surface area contributed by atoms with Crippen LogP contribution in [0.4, 0.5) is 4.39 Å². The van der Waals surface area contributed by atoms with Crippen LogP contribution in [0.3, 0.4) is 0 Å². The fraction of sp³-hybridized carbons (Fsp3) is 0.357. The molecule has 1 atom stereocenters. The Morgan fingerprint density at radius 1 is 1.41 bits per heavy atom. The highest BCUT2D eigenvalue weighted by Gasteiger charge is 2.17. The summed E-state index contributed by atoms with van der Waals surface area (Å²) in [6, 6.07) is 5.96. The van der Waals surface area contributed by atoms with E-state index < -0.39 is 21.9 Å². The molecule has 0 saturated heterocycles. The van der Waals surface area contributed by atoms with Crippen molar-refractivity contribution in [2.24, 2.45) is 0 Å². The van der Waals surface area contributed by atoms with Crippen molar-refractivity contribution >= 4 is 10.0 Å². The Labute approximate surface area is 128 Å². The molecule has 1 aromatic heterocycles. The third-order valence-electron chi connectivity index (χ3n) is 3.21. The first-order chi connectivity index (χ1) is 10.4. The minimum absolute atomic E-state index is 0.0539. The smallest absolute Gasteiger partial charge is 0.243 e. The van der Waals surface area contributed by atoms with Gasteiger partial charge in [-0.2, -0.15) is 5.10 Å². The van der Waals surface area contributed by atoms with Crippen LogP contribution in [0.2, 0.25) is 0 Å². The molecular weight excluding hydrogens is 309 g/mol. The molecule has 22 heavy (non-hydrogen) atoms. The number of aromatic nitrogens is 2. The maximum atomic E-state index is 13.7. The molecule has 0 amide bonds. The minimum atomic E-state index is -3.73. The second-order valence-electron chi connectivity index (χ2n) is 4.82. The van der Waals surface area contributed by atoms with Gasteiger partial charge in [-0.25, -0.2) is 22.2 Å². The van der Waals surface area contributed by atoms with Crippen LogP contribution in [0.5, 0.6) is 0 Å². The van der Waals surface area contributed by atoms with Gasteiger partial charge in [0.05, 0.1) is 18.5 Å². The summed E-state index contributed by atoms with van der Waals surface area (Å²) in [5.74, 6) is -0.492. The molecule has 0 aliphatic heterocycles. The lowest BCUT2D eigenvalue weighted by atomic mass is 10.2. The number of aliphatic hydroxyl groups excluding tert-OH is 1. The maximum absolute atomic E-state index is 13.7. The number of para-hydroxylation sites is 1. The standard InChI is InChI=1S/C14H18FN3O3S/c1-2-11(19)7-8-17-22(20,21)12-9-16-18(10-12)14-6-4-3-5-13(14)15/h3-6,9-11,17,19H,2,7-8H2,1H3. The largest absolute Gasteiger partial charge is 0.393 e. The van der Waals surface area contributed by atoms with E-state index in [0.29, 0.717) is 12.8 Å². The fourth-order valence-corrected chi connectivity index (χ4v) is 2.84. The third-order valence-corrected chi connectivity index (χ3v) is 4.62. The number of hydrogen-bond acceptors (Lipinski definition) is 4. The summed E-state index contributed by atoms with van der Waals surface area (Å²) >= 11 is 0. The predicted molar refractivity (Wildman–Crippen MR) is 79.6 cm³/mol. The fourth-order valence-electron chi connectivity index (χ4n) is 1.86. The molecule has 0 aliphatic carbocycles. The van der Waals surface area contributed by atoms with E-state index in [0.717, 1.165) is 6.20 Å². The average molecular weight is 327 g/mol. The second kappa shape index (κ2) is 6.99. The van der Waals surface area contributed by atoms with E-state index in [1.54, 1.807) is 12.1 Å². The first-order valence-electron chi connectivity index (χ1n) is 6.91. The normalized spacial score (nSPS) is 13.2. The number of nitrogens with one attached hydrogen (secondary N) is 1. The summed E-state index contributed by atoms with van der Waals surface area (Å²) < 4.78 is 41.4. The van der Waals surface area contributed by atoms with Crippen molar-refractivity contribution in [1.29, 1.82) is 0 Å². The zero-order chi connectivity index (χ0) is 16.2. The van der Waals surface area contributed by atoms with Crippen molar-refractivity contribution in [2.45, 2.75) is 30.8 Å². The van der Waals surface area contributed by atoms with Gasteiger partial charge in [0, 0.05) is 6.54 Å². The molecule has 0 saturated carbocycles. The van der Waals surface area contributed by atoms with Crippen LogP contribution in [0.1, 0.15) is 19.8 Å². The summed E-state index contributed by atoms with van der Waals surface area (Å²) in [6.45, 7) is 1.94. The number of halogens is 1. The highest BCUT2D eigenvalue weighted by molar-refractivity contribution is 7.89. The summed E-state index contributed by atoms with van der Waals surface area (Å²) in [7, 11) is -3.73. The van der Waals surface area contributed by atoms with Crippen molar-refractivity contribution in [3.63, 3.8) is 0 Å². The molecule has 0 fully saturated rings. The van der Waals surface area contributed by atoms with Crippen LogP contribution in [0.25, 0.3) is 5.69 Å². The van der Waals surface area contributed by atoms with E-state index in [9.17, 15) is 17.9 Å². The molecule has 2 N–H and O–H groups in total. The molecule has 0 radical (unpaired) electrons. The molecule has 2 aromatic rings. The van der Waals surface area contributed by atoms with Gasteiger partial charge < -0.3 is 5.11 Å².